The van der Waals surface area contributed by atoms with Crippen LogP contribution in [0.1, 0.15) is 57.9 Å². The Morgan fingerprint density at radius 1 is 1.06 bits per heavy atom. The SMILES string of the molecule is CCCCCCCC(O)C(C)(O)c1ccccc1. The van der Waals surface area contributed by atoms with E-state index >= 15 is 0 Å². The molecule has 0 saturated carbocycles. The molecule has 0 radical (unpaired) electrons. The Morgan fingerprint density at radius 3 is 2.28 bits per heavy atom. The van der Waals surface area contributed by atoms with E-state index < -0.39 is 11.7 Å². The number of rotatable bonds is 8. The third-order valence-corrected chi connectivity index (χ3v) is 3.59. The van der Waals surface area contributed by atoms with Crippen LogP contribution in [0.4, 0.5) is 0 Å². The molecule has 0 fully saturated rings. The van der Waals surface area contributed by atoms with Gasteiger partial charge in [-0.1, -0.05) is 69.4 Å². The molecule has 0 bridgehead atoms. The molecule has 2 N–H and O–H groups in total. The molecule has 1 aromatic carbocycles. The molecule has 1 rings (SSSR count). The average molecular weight is 250 g/mol. The van der Waals surface area contributed by atoms with E-state index in [1.807, 2.05) is 30.3 Å². The first kappa shape index (κ1) is 15.2. The fourth-order valence-electron chi connectivity index (χ4n) is 2.19. The van der Waals surface area contributed by atoms with Gasteiger partial charge in [0.25, 0.3) is 0 Å². The Balaban J connectivity index is 2.42. The summed E-state index contributed by atoms with van der Waals surface area (Å²) < 4.78 is 0. The summed E-state index contributed by atoms with van der Waals surface area (Å²) in [5.41, 5.74) is -0.363. The molecule has 102 valence electrons. The van der Waals surface area contributed by atoms with Crippen molar-refractivity contribution >= 4 is 0 Å². The summed E-state index contributed by atoms with van der Waals surface area (Å²) in [6, 6.07) is 9.41. The van der Waals surface area contributed by atoms with E-state index in [9.17, 15) is 10.2 Å². The normalized spacial score (nSPS) is 16.2. The minimum atomic E-state index is -1.15. The Bertz CT molecular complexity index is 319. The van der Waals surface area contributed by atoms with Crippen LogP contribution in [0, 0.1) is 0 Å². The van der Waals surface area contributed by atoms with Gasteiger partial charge >= 0.3 is 0 Å². The summed E-state index contributed by atoms with van der Waals surface area (Å²) in [7, 11) is 0. The van der Waals surface area contributed by atoms with Crippen LogP contribution in [0.3, 0.4) is 0 Å². The molecule has 2 unspecified atom stereocenters. The lowest BCUT2D eigenvalue weighted by molar-refractivity contribution is -0.0709. The maximum Gasteiger partial charge on any atom is 0.113 e. The van der Waals surface area contributed by atoms with Crippen LogP contribution in [-0.4, -0.2) is 16.3 Å². The summed E-state index contributed by atoms with van der Waals surface area (Å²) in [5.74, 6) is 0. The molecule has 0 aromatic heterocycles. The van der Waals surface area contributed by atoms with Crippen molar-refractivity contribution in [3.05, 3.63) is 35.9 Å². The van der Waals surface area contributed by atoms with Crippen LogP contribution in [0.15, 0.2) is 30.3 Å². The van der Waals surface area contributed by atoms with Crippen molar-refractivity contribution in [3.63, 3.8) is 0 Å². The first-order valence-electron chi connectivity index (χ1n) is 7.05. The average Bonchev–Trinajstić information content (AvgIpc) is 2.39. The van der Waals surface area contributed by atoms with E-state index in [0.29, 0.717) is 6.42 Å². The summed E-state index contributed by atoms with van der Waals surface area (Å²) in [5, 5.41) is 20.5. The molecule has 0 aliphatic heterocycles. The lowest BCUT2D eigenvalue weighted by atomic mass is 9.87. The molecule has 18 heavy (non-hydrogen) atoms. The molecular formula is C16H26O2. The van der Waals surface area contributed by atoms with E-state index in [1.165, 1.54) is 19.3 Å². The highest BCUT2D eigenvalue weighted by molar-refractivity contribution is 5.22. The molecule has 2 atom stereocenters. The highest BCUT2D eigenvalue weighted by Gasteiger charge is 2.31. The summed E-state index contributed by atoms with van der Waals surface area (Å²) in [4.78, 5) is 0. The Hall–Kier alpha value is -0.860. The fourth-order valence-corrected chi connectivity index (χ4v) is 2.19. The van der Waals surface area contributed by atoms with Gasteiger partial charge in [0, 0.05) is 0 Å². The zero-order chi connectivity index (χ0) is 13.4. The Labute approximate surface area is 111 Å². The van der Waals surface area contributed by atoms with E-state index in [4.69, 9.17) is 0 Å². The zero-order valence-corrected chi connectivity index (χ0v) is 11.6. The van der Waals surface area contributed by atoms with Gasteiger partial charge in [0.05, 0.1) is 6.10 Å². The lowest BCUT2D eigenvalue weighted by Gasteiger charge is -2.29. The number of aliphatic hydroxyl groups excluding tert-OH is 1. The highest BCUT2D eigenvalue weighted by Crippen LogP contribution is 2.27. The maximum atomic E-state index is 10.4. The minimum absolute atomic E-state index is 0.658. The fraction of sp³-hybridized carbons (Fsp3) is 0.625. The molecule has 2 heteroatoms. The van der Waals surface area contributed by atoms with E-state index in [0.717, 1.165) is 18.4 Å². The Morgan fingerprint density at radius 2 is 1.67 bits per heavy atom. The summed E-state index contributed by atoms with van der Waals surface area (Å²) in [6.45, 7) is 3.88. The van der Waals surface area contributed by atoms with Gasteiger partial charge in [0.2, 0.25) is 0 Å². The number of aliphatic hydroxyl groups is 2. The van der Waals surface area contributed by atoms with Crippen molar-refractivity contribution in [2.75, 3.05) is 0 Å². The van der Waals surface area contributed by atoms with Crippen LogP contribution in [-0.2, 0) is 5.60 Å². The van der Waals surface area contributed by atoms with E-state index in [-0.39, 0.29) is 0 Å². The zero-order valence-electron chi connectivity index (χ0n) is 11.6. The third-order valence-electron chi connectivity index (χ3n) is 3.59. The number of benzene rings is 1. The van der Waals surface area contributed by atoms with Gasteiger partial charge in [-0.15, -0.1) is 0 Å². The molecule has 1 aromatic rings. The second-order valence-corrected chi connectivity index (χ2v) is 5.23. The maximum absolute atomic E-state index is 10.4. The van der Waals surface area contributed by atoms with Crippen molar-refractivity contribution in [3.8, 4) is 0 Å². The van der Waals surface area contributed by atoms with Crippen molar-refractivity contribution in [1.82, 2.24) is 0 Å². The van der Waals surface area contributed by atoms with Crippen molar-refractivity contribution in [1.29, 1.82) is 0 Å². The predicted octanol–water partition coefficient (Wildman–Crippen LogP) is 3.62. The quantitative estimate of drug-likeness (QED) is 0.692. The van der Waals surface area contributed by atoms with Gasteiger partial charge in [-0.25, -0.2) is 0 Å². The van der Waals surface area contributed by atoms with Crippen LogP contribution in [0.25, 0.3) is 0 Å². The Kier molecular flexibility index (Phi) is 6.37. The standard InChI is InChI=1S/C16H26O2/c1-3-4-5-6-10-13-15(17)16(2,18)14-11-8-7-9-12-14/h7-9,11-12,15,17-18H,3-6,10,13H2,1-2H3. The molecule has 0 aliphatic carbocycles. The van der Waals surface area contributed by atoms with Gasteiger partial charge in [-0.2, -0.15) is 0 Å². The van der Waals surface area contributed by atoms with Crippen LogP contribution >= 0.6 is 0 Å². The second kappa shape index (κ2) is 7.55. The smallest absolute Gasteiger partial charge is 0.113 e. The van der Waals surface area contributed by atoms with Crippen LogP contribution in [0.5, 0.6) is 0 Å². The molecule has 0 aliphatic rings. The molecule has 0 saturated heterocycles. The molecule has 0 heterocycles. The monoisotopic (exact) mass is 250 g/mol. The number of unbranched alkanes of at least 4 members (excludes halogenated alkanes) is 4. The van der Waals surface area contributed by atoms with Gasteiger partial charge in [0.15, 0.2) is 0 Å². The van der Waals surface area contributed by atoms with Gasteiger partial charge in [-0.3, -0.25) is 0 Å². The van der Waals surface area contributed by atoms with Crippen LogP contribution in [0.2, 0.25) is 0 Å². The van der Waals surface area contributed by atoms with E-state index in [1.54, 1.807) is 6.92 Å². The van der Waals surface area contributed by atoms with Crippen molar-refractivity contribution in [2.45, 2.75) is 64.1 Å². The first-order valence-corrected chi connectivity index (χ1v) is 7.05. The minimum Gasteiger partial charge on any atom is -0.390 e. The number of hydrogen-bond donors (Lipinski definition) is 2. The molecule has 0 spiro atoms. The van der Waals surface area contributed by atoms with Gasteiger partial charge < -0.3 is 10.2 Å². The molecule has 2 nitrogen and oxygen atoms in total. The predicted molar refractivity (Wildman–Crippen MR) is 75.4 cm³/mol. The molecule has 0 amide bonds. The largest absolute Gasteiger partial charge is 0.390 e. The van der Waals surface area contributed by atoms with Gasteiger partial charge in [-0.05, 0) is 18.9 Å². The highest BCUT2D eigenvalue weighted by atomic mass is 16.3. The number of hydrogen-bond acceptors (Lipinski definition) is 2. The van der Waals surface area contributed by atoms with E-state index in [2.05, 4.69) is 6.92 Å². The first-order chi connectivity index (χ1) is 8.59. The summed E-state index contributed by atoms with van der Waals surface area (Å²) in [6.07, 6.45) is 5.78. The van der Waals surface area contributed by atoms with Crippen molar-refractivity contribution in [2.24, 2.45) is 0 Å². The third kappa shape index (κ3) is 4.43. The lowest BCUT2D eigenvalue weighted by Crippen LogP contribution is -2.36. The topological polar surface area (TPSA) is 40.5 Å². The van der Waals surface area contributed by atoms with Crippen molar-refractivity contribution < 1.29 is 10.2 Å². The van der Waals surface area contributed by atoms with Crippen LogP contribution < -0.4 is 0 Å². The van der Waals surface area contributed by atoms with Gasteiger partial charge in [0.1, 0.15) is 5.60 Å². The summed E-state index contributed by atoms with van der Waals surface area (Å²) >= 11 is 0. The second-order valence-electron chi connectivity index (χ2n) is 5.23. The molecular weight excluding hydrogens is 224 g/mol.